The van der Waals surface area contributed by atoms with E-state index in [4.69, 9.17) is 16.3 Å². The van der Waals surface area contributed by atoms with Crippen molar-refractivity contribution in [3.63, 3.8) is 0 Å². The van der Waals surface area contributed by atoms with Crippen LogP contribution in [0.25, 0.3) is 10.2 Å². The van der Waals surface area contributed by atoms with Crippen molar-refractivity contribution in [1.82, 2.24) is 9.97 Å². The van der Waals surface area contributed by atoms with E-state index in [1.54, 1.807) is 0 Å². The lowest BCUT2D eigenvalue weighted by atomic mass is 10.2. The molecule has 0 amide bonds. The Kier molecular flexibility index (Phi) is 5.81. The van der Waals surface area contributed by atoms with E-state index in [0.29, 0.717) is 34.0 Å². The van der Waals surface area contributed by atoms with Crippen LogP contribution in [0.2, 0.25) is 5.28 Å². The number of thiophene rings is 1. The van der Waals surface area contributed by atoms with Gasteiger partial charge in [0.25, 0.3) is 0 Å². The normalized spacial score (nSPS) is 11.5. The smallest absolute Gasteiger partial charge is 0.348 e. The molecule has 2 heterocycles. The first kappa shape index (κ1) is 17.9. The number of rotatable bonds is 6. The summed E-state index contributed by atoms with van der Waals surface area (Å²) in [6, 6.07) is 0. The Balaban J connectivity index is 2.40. The lowest BCUT2D eigenvalue weighted by molar-refractivity contribution is 0.0464. The van der Waals surface area contributed by atoms with Gasteiger partial charge in [-0.15, -0.1) is 11.3 Å². The average Bonchev–Trinajstić information content (AvgIpc) is 2.79. The zero-order chi connectivity index (χ0) is 17.1. The highest BCUT2D eigenvalue weighted by Gasteiger charge is 2.21. The second-order valence-electron chi connectivity index (χ2n) is 6.34. The fourth-order valence-electron chi connectivity index (χ4n) is 2.04. The Morgan fingerprint density at radius 1 is 1.26 bits per heavy atom. The van der Waals surface area contributed by atoms with E-state index >= 15 is 0 Å². The van der Waals surface area contributed by atoms with Gasteiger partial charge in [-0.25, -0.2) is 14.8 Å². The zero-order valence-electron chi connectivity index (χ0n) is 14.1. The summed E-state index contributed by atoms with van der Waals surface area (Å²) in [5.74, 6) is 1.12. The van der Waals surface area contributed by atoms with Crippen molar-refractivity contribution in [2.24, 2.45) is 11.8 Å². The highest BCUT2D eigenvalue weighted by Crippen LogP contribution is 2.35. The topological polar surface area (TPSA) is 64.1 Å². The van der Waals surface area contributed by atoms with Crippen LogP contribution >= 0.6 is 22.9 Å². The van der Waals surface area contributed by atoms with Gasteiger partial charge in [0.2, 0.25) is 5.28 Å². The number of hydrogen-bond acceptors (Lipinski definition) is 6. The molecule has 1 N–H and O–H groups in total. The Morgan fingerprint density at radius 2 is 1.96 bits per heavy atom. The SMILES string of the molecule is Cc1c(C(=O)OCC(C)C)sc2nc(Cl)nc(NCC(C)C)c12. The van der Waals surface area contributed by atoms with Crippen molar-refractivity contribution in [2.45, 2.75) is 34.6 Å². The van der Waals surface area contributed by atoms with Crippen LogP contribution in [0.4, 0.5) is 5.82 Å². The monoisotopic (exact) mass is 355 g/mol. The number of anilines is 1. The zero-order valence-corrected chi connectivity index (χ0v) is 15.6. The van der Waals surface area contributed by atoms with Crippen molar-refractivity contribution in [1.29, 1.82) is 0 Å². The Bertz CT molecular complexity index is 713. The molecule has 23 heavy (non-hydrogen) atoms. The predicted molar refractivity (Wildman–Crippen MR) is 95.6 cm³/mol. The van der Waals surface area contributed by atoms with Crippen LogP contribution in [-0.2, 0) is 4.74 Å². The first-order valence-electron chi connectivity index (χ1n) is 7.67. The summed E-state index contributed by atoms with van der Waals surface area (Å²) in [7, 11) is 0. The minimum Gasteiger partial charge on any atom is -0.461 e. The van der Waals surface area contributed by atoms with Gasteiger partial charge < -0.3 is 10.1 Å². The molecular weight excluding hydrogens is 334 g/mol. The molecule has 0 spiro atoms. The van der Waals surface area contributed by atoms with Crippen molar-refractivity contribution < 1.29 is 9.53 Å². The Hall–Kier alpha value is -1.40. The fourth-order valence-corrected chi connectivity index (χ4v) is 3.34. The van der Waals surface area contributed by atoms with Crippen LogP contribution in [0.5, 0.6) is 0 Å². The van der Waals surface area contributed by atoms with Crippen LogP contribution in [0.1, 0.15) is 42.9 Å². The molecule has 0 aliphatic carbocycles. The van der Waals surface area contributed by atoms with Gasteiger partial charge in [-0.2, -0.15) is 0 Å². The second-order valence-corrected chi connectivity index (χ2v) is 7.68. The molecule has 126 valence electrons. The maximum Gasteiger partial charge on any atom is 0.348 e. The van der Waals surface area contributed by atoms with Crippen molar-refractivity contribution in [3.8, 4) is 0 Å². The van der Waals surface area contributed by atoms with E-state index < -0.39 is 0 Å². The molecule has 0 saturated heterocycles. The molecule has 0 atom stereocenters. The van der Waals surface area contributed by atoms with Gasteiger partial charge in [0.05, 0.1) is 12.0 Å². The number of aromatic nitrogens is 2. The molecule has 2 rings (SSSR count). The molecule has 2 aromatic heterocycles. The van der Waals surface area contributed by atoms with E-state index in [0.717, 1.165) is 17.5 Å². The minimum atomic E-state index is -0.315. The summed E-state index contributed by atoms with van der Waals surface area (Å²) in [4.78, 5) is 22.1. The van der Waals surface area contributed by atoms with E-state index in [2.05, 4.69) is 29.1 Å². The number of nitrogens with zero attached hydrogens (tertiary/aromatic N) is 2. The van der Waals surface area contributed by atoms with Crippen LogP contribution < -0.4 is 5.32 Å². The van der Waals surface area contributed by atoms with E-state index in [-0.39, 0.29) is 11.3 Å². The second kappa shape index (κ2) is 7.45. The first-order chi connectivity index (χ1) is 10.8. The predicted octanol–water partition coefficient (Wildman–Crippen LogP) is 4.53. The van der Waals surface area contributed by atoms with Crippen LogP contribution in [0.3, 0.4) is 0 Å². The molecular formula is C16H22ClN3O2S. The molecule has 0 bridgehead atoms. The van der Waals surface area contributed by atoms with E-state index in [9.17, 15) is 4.79 Å². The van der Waals surface area contributed by atoms with Gasteiger partial charge in [0.1, 0.15) is 15.5 Å². The molecule has 7 heteroatoms. The standard InChI is InChI=1S/C16H22ClN3O2S/c1-8(2)6-18-13-11-10(5)12(15(21)22-7-9(3)4)23-14(11)20-16(17)19-13/h8-9H,6-7H2,1-5H3,(H,18,19,20). The van der Waals surface area contributed by atoms with Crippen molar-refractivity contribution >= 4 is 44.9 Å². The number of ether oxygens (including phenoxy) is 1. The van der Waals surface area contributed by atoms with Crippen molar-refractivity contribution in [2.75, 3.05) is 18.5 Å². The van der Waals surface area contributed by atoms with Gasteiger partial charge >= 0.3 is 5.97 Å². The molecule has 5 nitrogen and oxygen atoms in total. The molecule has 0 unspecified atom stereocenters. The molecule has 2 aromatic rings. The maximum atomic E-state index is 12.3. The quantitative estimate of drug-likeness (QED) is 0.609. The van der Waals surface area contributed by atoms with Crippen LogP contribution in [-0.4, -0.2) is 29.1 Å². The summed E-state index contributed by atoms with van der Waals surface area (Å²) in [6.45, 7) is 11.3. The number of nitrogens with one attached hydrogen (secondary N) is 1. The third kappa shape index (κ3) is 4.32. The molecule has 0 aliphatic heterocycles. The van der Waals surface area contributed by atoms with Crippen LogP contribution in [0.15, 0.2) is 0 Å². The number of fused-ring (bicyclic) bond motifs is 1. The lowest BCUT2D eigenvalue weighted by Gasteiger charge is -2.10. The third-order valence-corrected chi connectivity index (χ3v) is 4.51. The first-order valence-corrected chi connectivity index (χ1v) is 8.86. The summed E-state index contributed by atoms with van der Waals surface area (Å²) in [6.07, 6.45) is 0. The van der Waals surface area contributed by atoms with E-state index in [1.807, 2.05) is 20.8 Å². The third-order valence-electron chi connectivity index (χ3n) is 3.17. The minimum absolute atomic E-state index is 0.173. The van der Waals surface area contributed by atoms with Gasteiger partial charge in [-0.1, -0.05) is 27.7 Å². The Labute approximate surface area is 145 Å². The van der Waals surface area contributed by atoms with Crippen LogP contribution in [0, 0.1) is 18.8 Å². The van der Waals surface area contributed by atoms with Gasteiger partial charge in [-0.3, -0.25) is 0 Å². The lowest BCUT2D eigenvalue weighted by Crippen LogP contribution is -2.11. The van der Waals surface area contributed by atoms with Gasteiger partial charge in [0.15, 0.2) is 0 Å². The van der Waals surface area contributed by atoms with Crippen molar-refractivity contribution in [3.05, 3.63) is 15.7 Å². The molecule has 0 aliphatic rings. The van der Waals surface area contributed by atoms with Gasteiger partial charge in [-0.05, 0) is 35.9 Å². The maximum absolute atomic E-state index is 12.3. The number of carbonyl (C=O) groups excluding carboxylic acids is 1. The molecule has 0 saturated carbocycles. The summed E-state index contributed by atoms with van der Waals surface area (Å²) >= 11 is 7.31. The Morgan fingerprint density at radius 3 is 2.57 bits per heavy atom. The van der Waals surface area contributed by atoms with Gasteiger partial charge in [0, 0.05) is 6.54 Å². The largest absolute Gasteiger partial charge is 0.461 e. The number of carbonyl (C=O) groups is 1. The summed E-state index contributed by atoms with van der Waals surface area (Å²) in [5.41, 5.74) is 0.835. The molecule has 0 aromatic carbocycles. The number of aryl methyl sites for hydroxylation is 1. The number of esters is 1. The number of hydrogen-bond donors (Lipinski definition) is 1. The highest BCUT2D eigenvalue weighted by atomic mass is 35.5. The van der Waals surface area contributed by atoms with E-state index in [1.165, 1.54) is 11.3 Å². The fraction of sp³-hybridized carbons (Fsp3) is 0.562. The number of halogens is 1. The summed E-state index contributed by atoms with van der Waals surface area (Å²) < 4.78 is 5.34. The summed E-state index contributed by atoms with van der Waals surface area (Å²) in [5, 5.41) is 4.31. The molecule has 0 radical (unpaired) electrons. The highest BCUT2D eigenvalue weighted by molar-refractivity contribution is 7.20. The average molecular weight is 356 g/mol. The molecule has 0 fully saturated rings.